The summed E-state index contributed by atoms with van der Waals surface area (Å²) in [4.78, 5) is 15.6. The molecule has 2 unspecified atom stereocenters. The lowest BCUT2D eigenvalue weighted by atomic mass is 10.1. The third-order valence-electron chi connectivity index (χ3n) is 4.60. The van der Waals surface area contributed by atoms with Gasteiger partial charge in [-0.1, -0.05) is 30.4 Å². The number of rotatable bonds is 7. The fourth-order valence-corrected chi connectivity index (χ4v) is 4.39. The van der Waals surface area contributed by atoms with Crippen LogP contribution < -0.4 is 4.74 Å². The molecule has 2 aliphatic rings. The SMILES string of the molecule is COC1C=CC=C(SC2CCN(C(=O)COc3ccc(CO)cc3)C2)C1. The maximum Gasteiger partial charge on any atom is 0.260 e. The van der Waals surface area contributed by atoms with Gasteiger partial charge in [0, 0.05) is 31.9 Å². The molecule has 1 heterocycles. The van der Waals surface area contributed by atoms with Crippen molar-refractivity contribution >= 4 is 17.7 Å². The number of nitrogens with zero attached hydrogens (tertiary/aromatic N) is 1. The molecule has 1 aromatic rings. The zero-order valence-corrected chi connectivity index (χ0v) is 15.8. The Morgan fingerprint density at radius 3 is 2.88 bits per heavy atom. The van der Waals surface area contributed by atoms with E-state index in [0.717, 1.165) is 31.5 Å². The number of aliphatic hydroxyl groups excluding tert-OH is 1. The van der Waals surface area contributed by atoms with E-state index >= 15 is 0 Å². The van der Waals surface area contributed by atoms with Crippen molar-refractivity contribution in [1.29, 1.82) is 0 Å². The first kappa shape index (κ1) is 19.0. The standard InChI is InChI=1S/C20H25NO4S/c1-24-17-3-2-4-18(11-17)26-19-9-10-21(12-19)20(23)14-25-16-7-5-15(13-22)6-8-16/h2-8,17,19,22H,9-14H2,1H3. The Morgan fingerprint density at radius 2 is 2.15 bits per heavy atom. The quantitative estimate of drug-likeness (QED) is 0.794. The molecule has 26 heavy (non-hydrogen) atoms. The molecular weight excluding hydrogens is 350 g/mol. The van der Waals surface area contributed by atoms with Gasteiger partial charge in [0.1, 0.15) is 5.75 Å². The summed E-state index contributed by atoms with van der Waals surface area (Å²) in [6.45, 7) is 1.59. The maximum absolute atomic E-state index is 12.4. The second kappa shape index (κ2) is 9.26. The van der Waals surface area contributed by atoms with Gasteiger partial charge in [0.15, 0.2) is 6.61 Å². The molecule has 1 aliphatic heterocycles. The van der Waals surface area contributed by atoms with Gasteiger partial charge in [0.05, 0.1) is 12.7 Å². The monoisotopic (exact) mass is 375 g/mol. The molecule has 0 bridgehead atoms. The van der Waals surface area contributed by atoms with Gasteiger partial charge in [-0.25, -0.2) is 0 Å². The summed E-state index contributed by atoms with van der Waals surface area (Å²) in [6, 6.07) is 7.14. The minimum absolute atomic E-state index is 0.00337. The van der Waals surface area contributed by atoms with E-state index in [4.69, 9.17) is 14.6 Å². The van der Waals surface area contributed by atoms with Gasteiger partial charge in [-0.05, 0) is 29.0 Å². The van der Waals surface area contributed by atoms with Crippen molar-refractivity contribution in [1.82, 2.24) is 4.90 Å². The molecule has 0 radical (unpaired) electrons. The highest BCUT2D eigenvalue weighted by molar-refractivity contribution is 8.03. The molecule has 1 saturated heterocycles. The molecule has 1 amide bonds. The van der Waals surface area contributed by atoms with Crippen molar-refractivity contribution in [2.75, 3.05) is 26.8 Å². The number of carbonyl (C=O) groups is 1. The molecule has 3 rings (SSSR count). The number of hydrogen-bond donors (Lipinski definition) is 1. The maximum atomic E-state index is 12.4. The van der Waals surface area contributed by atoms with Crippen LogP contribution in [0.15, 0.2) is 47.4 Å². The molecule has 2 atom stereocenters. The zero-order valence-electron chi connectivity index (χ0n) is 15.0. The van der Waals surface area contributed by atoms with Crippen LogP contribution in [0.2, 0.25) is 0 Å². The fraction of sp³-hybridized carbons (Fsp3) is 0.450. The number of thioether (sulfide) groups is 1. The van der Waals surface area contributed by atoms with E-state index in [-0.39, 0.29) is 25.2 Å². The summed E-state index contributed by atoms with van der Waals surface area (Å²) in [5, 5.41) is 9.47. The van der Waals surface area contributed by atoms with Gasteiger partial charge in [0.25, 0.3) is 5.91 Å². The zero-order chi connectivity index (χ0) is 18.4. The van der Waals surface area contributed by atoms with Crippen molar-refractivity contribution < 1.29 is 19.4 Å². The van der Waals surface area contributed by atoms with Gasteiger partial charge < -0.3 is 19.5 Å². The number of carbonyl (C=O) groups excluding carboxylic acids is 1. The lowest BCUT2D eigenvalue weighted by molar-refractivity contribution is -0.132. The molecule has 0 spiro atoms. The molecule has 140 valence electrons. The van der Waals surface area contributed by atoms with E-state index in [1.807, 2.05) is 22.7 Å². The highest BCUT2D eigenvalue weighted by Crippen LogP contribution is 2.33. The van der Waals surface area contributed by atoms with Crippen molar-refractivity contribution in [2.24, 2.45) is 0 Å². The number of aliphatic hydroxyl groups is 1. The largest absolute Gasteiger partial charge is 0.484 e. The fourth-order valence-electron chi connectivity index (χ4n) is 3.06. The van der Waals surface area contributed by atoms with Crippen LogP contribution in [0.1, 0.15) is 18.4 Å². The Kier molecular flexibility index (Phi) is 6.77. The van der Waals surface area contributed by atoms with E-state index in [1.54, 1.807) is 31.4 Å². The average Bonchev–Trinajstić information content (AvgIpc) is 3.15. The number of methoxy groups -OCH3 is 1. The van der Waals surface area contributed by atoms with Crippen LogP contribution in [0.4, 0.5) is 0 Å². The highest BCUT2D eigenvalue weighted by atomic mass is 32.2. The van der Waals surface area contributed by atoms with Crippen molar-refractivity contribution in [3.05, 3.63) is 53.0 Å². The number of ether oxygens (including phenoxy) is 2. The Balaban J connectivity index is 1.43. The average molecular weight is 375 g/mol. The first-order chi connectivity index (χ1) is 12.7. The predicted octanol–water partition coefficient (Wildman–Crippen LogP) is 2.75. The van der Waals surface area contributed by atoms with Crippen LogP contribution in [0.5, 0.6) is 5.75 Å². The lowest BCUT2D eigenvalue weighted by Gasteiger charge is -2.20. The third-order valence-corrected chi connectivity index (χ3v) is 5.92. The van der Waals surface area contributed by atoms with E-state index in [0.29, 0.717) is 11.0 Å². The smallest absolute Gasteiger partial charge is 0.260 e. The van der Waals surface area contributed by atoms with E-state index in [1.165, 1.54) is 4.91 Å². The van der Waals surface area contributed by atoms with Crippen LogP contribution in [0.3, 0.4) is 0 Å². The normalized spacial score (nSPS) is 22.4. The summed E-state index contributed by atoms with van der Waals surface area (Å²) >= 11 is 1.86. The van der Waals surface area contributed by atoms with Crippen LogP contribution in [-0.2, 0) is 16.1 Å². The summed E-state index contributed by atoms with van der Waals surface area (Å²) in [5.74, 6) is 0.664. The van der Waals surface area contributed by atoms with Gasteiger partial charge in [0.2, 0.25) is 0 Å². The summed E-state index contributed by atoms with van der Waals surface area (Å²) in [5.41, 5.74) is 0.825. The number of allylic oxidation sites excluding steroid dienone is 2. The van der Waals surface area contributed by atoms with Gasteiger partial charge >= 0.3 is 0 Å². The molecule has 6 heteroatoms. The highest BCUT2D eigenvalue weighted by Gasteiger charge is 2.28. The first-order valence-corrected chi connectivity index (χ1v) is 9.73. The molecule has 5 nitrogen and oxygen atoms in total. The predicted molar refractivity (Wildman–Crippen MR) is 103 cm³/mol. The van der Waals surface area contributed by atoms with Gasteiger partial charge in [-0.2, -0.15) is 0 Å². The van der Waals surface area contributed by atoms with E-state index < -0.39 is 0 Å². The minimum Gasteiger partial charge on any atom is -0.484 e. The van der Waals surface area contributed by atoms with Crippen LogP contribution >= 0.6 is 11.8 Å². The van der Waals surface area contributed by atoms with Crippen molar-refractivity contribution in [3.8, 4) is 5.75 Å². The lowest BCUT2D eigenvalue weighted by Crippen LogP contribution is -2.33. The molecule has 1 N–H and O–H groups in total. The third kappa shape index (κ3) is 5.13. The first-order valence-electron chi connectivity index (χ1n) is 8.85. The van der Waals surface area contributed by atoms with Crippen LogP contribution in [0, 0.1) is 0 Å². The summed E-state index contributed by atoms with van der Waals surface area (Å²) in [6.07, 6.45) is 8.33. The molecule has 1 fully saturated rings. The van der Waals surface area contributed by atoms with E-state index in [9.17, 15) is 4.79 Å². The number of amides is 1. The second-order valence-electron chi connectivity index (χ2n) is 6.46. The Bertz CT molecular complexity index is 671. The summed E-state index contributed by atoms with van der Waals surface area (Å²) < 4.78 is 11.0. The molecule has 0 aromatic heterocycles. The molecule has 1 aliphatic carbocycles. The number of hydrogen-bond acceptors (Lipinski definition) is 5. The molecule has 1 aromatic carbocycles. The topological polar surface area (TPSA) is 59.0 Å². The summed E-state index contributed by atoms with van der Waals surface area (Å²) in [7, 11) is 1.73. The van der Waals surface area contributed by atoms with Crippen molar-refractivity contribution in [3.63, 3.8) is 0 Å². The van der Waals surface area contributed by atoms with Crippen LogP contribution in [0.25, 0.3) is 0 Å². The number of benzene rings is 1. The molecular formula is C20H25NO4S. The number of likely N-dealkylation sites (tertiary alicyclic amines) is 1. The Hall–Kier alpha value is -1.76. The van der Waals surface area contributed by atoms with Gasteiger partial charge in [-0.3, -0.25) is 4.79 Å². The van der Waals surface area contributed by atoms with E-state index in [2.05, 4.69) is 12.2 Å². The Labute approximate surface area is 158 Å². The Morgan fingerprint density at radius 1 is 1.35 bits per heavy atom. The van der Waals surface area contributed by atoms with Gasteiger partial charge in [-0.15, -0.1) is 11.8 Å². The second-order valence-corrected chi connectivity index (χ2v) is 7.88. The van der Waals surface area contributed by atoms with Crippen LogP contribution in [-0.4, -0.2) is 54.1 Å². The molecule has 0 saturated carbocycles. The van der Waals surface area contributed by atoms with Crippen molar-refractivity contribution in [2.45, 2.75) is 30.8 Å². The minimum atomic E-state index is 0.00337.